The van der Waals surface area contributed by atoms with Gasteiger partial charge in [0, 0.05) is 32.7 Å². The van der Waals surface area contributed by atoms with E-state index in [1.54, 1.807) is 12.0 Å². The molecule has 112 valence electrons. The van der Waals surface area contributed by atoms with Gasteiger partial charge in [0.2, 0.25) is 5.91 Å². The zero-order chi connectivity index (χ0) is 14.5. The smallest absolute Gasteiger partial charge is 0.223 e. The zero-order valence-electron chi connectivity index (χ0n) is 12.1. The molecule has 1 fully saturated rings. The van der Waals surface area contributed by atoms with E-state index >= 15 is 0 Å². The Bertz CT molecular complexity index is 391. The Hall–Kier alpha value is -0.620. The van der Waals surface area contributed by atoms with E-state index in [2.05, 4.69) is 0 Å². The maximum Gasteiger partial charge on any atom is 0.223 e. The predicted molar refractivity (Wildman–Crippen MR) is 74.7 cm³/mol. The number of carbonyl (C=O) groups is 1. The molecule has 1 rings (SSSR count). The van der Waals surface area contributed by atoms with Crippen molar-refractivity contribution in [2.75, 3.05) is 31.8 Å². The fourth-order valence-corrected chi connectivity index (χ4v) is 4.11. The molecule has 0 aliphatic carbocycles. The van der Waals surface area contributed by atoms with Crippen molar-refractivity contribution in [3.05, 3.63) is 0 Å². The van der Waals surface area contributed by atoms with Gasteiger partial charge in [0.1, 0.15) is 0 Å². The van der Waals surface area contributed by atoms with Crippen molar-refractivity contribution in [3.8, 4) is 0 Å². The Labute approximate surface area is 116 Å². The molecule has 1 aliphatic rings. The number of rotatable bonds is 7. The van der Waals surface area contributed by atoms with E-state index < -0.39 is 9.84 Å². The third-order valence-electron chi connectivity index (χ3n) is 3.30. The molecule has 1 atom stereocenters. The standard InChI is InChI=1S/C13H25NO4S/c1-11(2)9-13(15)14(6-4-7-18-3)12-5-8-19(16,17)10-12/h11-12H,4-10H2,1-3H3. The summed E-state index contributed by atoms with van der Waals surface area (Å²) < 4.78 is 28.1. The third kappa shape index (κ3) is 5.48. The van der Waals surface area contributed by atoms with Crippen LogP contribution in [0.15, 0.2) is 0 Å². The summed E-state index contributed by atoms with van der Waals surface area (Å²) in [6.45, 7) is 5.16. The second-order valence-electron chi connectivity index (χ2n) is 5.59. The first-order chi connectivity index (χ1) is 8.85. The van der Waals surface area contributed by atoms with Crippen LogP contribution in [0.5, 0.6) is 0 Å². The van der Waals surface area contributed by atoms with Gasteiger partial charge in [-0.25, -0.2) is 8.42 Å². The van der Waals surface area contributed by atoms with E-state index in [9.17, 15) is 13.2 Å². The number of carbonyl (C=O) groups excluding carboxylic acids is 1. The molecule has 0 aromatic rings. The highest BCUT2D eigenvalue weighted by Gasteiger charge is 2.34. The molecular formula is C13H25NO4S. The average Bonchev–Trinajstić information content (AvgIpc) is 2.63. The Balaban J connectivity index is 2.66. The minimum Gasteiger partial charge on any atom is -0.385 e. The fourth-order valence-electron chi connectivity index (χ4n) is 2.38. The molecule has 5 nitrogen and oxygen atoms in total. The molecule has 1 amide bonds. The van der Waals surface area contributed by atoms with E-state index in [0.717, 1.165) is 6.42 Å². The maximum atomic E-state index is 12.2. The molecule has 6 heteroatoms. The highest BCUT2D eigenvalue weighted by atomic mass is 32.2. The third-order valence-corrected chi connectivity index (χ3v) is 5.05. The van der Waals surface area contributed by atoms with Crippen molar-refractivity contribution in [1.29, 1.82) is 0 Å². The van der Waals surface area contributed by atoms with Crippen LogP contribution in [0.4, 0.5) is 0 Å². The van der Waals surface area contributed by atoms with Crippen LogP contribution in [0.3, 0.4) is 0 Å². The van der Waals surface area contributed by atoms with Gasteiger partial charge in [0.25, 0.3) is 0 Å². The predicted octanol–water partition coefficient (Wildman–Crippen LogP) is 1.08. The van der Waals surface area contributed by atoms with Gasteiger partial charge in [-0.1, -0.05) is 13.8 Å². The summed E-state index contributed by atoms with van der Waals surface area (Å²) in [6.07, 6.45) is 1.79. The van der Waals surface area contributed by atoms with Gasteiger partial charge in [-0.15, -0.1) is 0 Å². The lowest BCUT2D eigenvalue weighted by Crippen LogP contribution is -2.42. The monoisotopic (exact) mass is 291 g/mol. The van der Waals surface area contributed by atoms with Crippen LogP contribution >= 0.6 is 0 Å². The van der Waals surface area contributed by atoms with Crippen LogP contribution in [0.1, 0.15) is 33.1 Å². The first kappa shape index (κ1) is 16.4. The molecule has 1 saturated heterocycles. The molecule has 0 bridgehead atoms. The summed E-state index contributed by atoms with van der Waals surface area (Å²) in [4.78, 5) is 14.0. The molecule has 1 unspecified atom stereocenters. The van der Waals surface area contributed by atoms with Crippen LogP contribution < -0.4 is 0 Å². The number of methoxy groups -OCH3 is 1. The van der Waals surface area contributed by atoms with Crippen LogP contribution in [0.25, 0.3) is 0 Å². The number of ether oxygens (including phenoxy) is 1. The number of sulfone groups is 1. The molecule has 0 N–H and O–H groups in total. The van der Waals surface area contributed by atoms with Crippen LogP contribution in [-0.2, 0) is 19.4 Å². The quantitative estimate of drug-likeness (QED) is 0.659. The molecule has 0 spiro atoms. The Morgan fingerprint density at radius 3 is 2.58 bits per heavy atom. The lowest BCUT2D eigenvalue weighted by atomic mass is 10.1. The fraction of sp³-hybridized carbons (Fsp3) is 0.923. The summed E-state index contributed by atoms with van der Waals surface area (Å²) in [6, 6.07) is -0.145. The van der Waals surface area contributed by atoms with E-state index in [1.165, 1.54) is 0 Å². The molecule has 0 radical (unpaired) electrons. The Kier molecular flexibility index (Phi) is 6.26. The largest absolute Gasteiger partial charge is 0.385 e. The number of amides is 1. The lowest BCUT2D eigenvalue weighted by Gasteiger charge is -2.29. The van der Waals surface area contributed by atoms with Crippen molar-refractivity contribution in [2.45, 2.75) is 39.2 Å². The van der Waals surface area contributed by atoms with E-state index in [0.29, 0.717) is 26.0 Å². The summed E-state index contributed by atoms with van der Waals surface area (Å²) >= 11 is 0. The van der Waals surface area contributed by atoms with Crippen molar-refractivity contribution in [2.24, 2.45) is 5.92 Å². The molecule has 0 aromatic carbocycles. The van der Waals surface area contributed by atoms with Crippen molar-refractivity contribution < 1.29 is 17.9 Å². The second kappa shape index (κ2) is 7.24. The highest BCUT2D eigenvalue weighted by molar-refractivity contribution is 7.91. The average molecular weight is 291 g/mol. The first-order valence-electron chi connectivity index (χ1n) is 6.84. The Morgan fingerprint density at radius 2 is 2.11 bits per heavy atom. The van der Waals surface area contributed by atoms with Crippen molar-refractivity contribution >= 4 is 15.7 Å². The van der Waals surface area contributed by atoms with Gasteiger partial charge in [0.05, 0.1) is 11.5 Å². The Morgan fingerprint density at radius 1 is 1.42 bits per heavy atom. The van der Waals surface area contributed by atoms with Gasteiger partial charge in [-0.2, -0.15) is 0 Å². The SMILES string of the molecule is COCCCN(C(=O)CC(C)C)C1CCS(=O)(=O)C1. The normalized spacial score (nSPS) is 21.8. The number of hydrogen-bond acceptors (Lipinski definition) is 4. The number of nitrogens with zero attached hydrogens (tertiary/aromatic N) is 1. The summed E-state index contributed by atoms with van der Waals surface area (Å²) in [7, 11) is -1.33. The molecule has 19 heavy (non-hydrogen) atoms. The molecule has 1 heterocycles. The van der Waals surface area contributed by atoms with Crippen LogP contribution in [0, 0.1) is 5.92 Å². The maximum absolute atomic E-state index is 12.2. The topological polar surface area (TPSA) is 63.7 Å². The summed E-state index contributed by atoms with van der Waals surface area (Å²) in [5, 5.41) is 0. The molecule has 1 aliphatic heterocycles. The molecule has 0 aromatic heterocycles. The van der Waals surface area contributed by atoms with Gasteiger partial charge in [-0.05, 0) is 18.8 Å². The van der Waals surface area contributed by atoms with E-state index in [4.69, 9.17) is 4.74 Å². The highest BCUT2D eigenvalue weighted by Crippen LogP contribution is 2.20. The minimum atomic E-state index is -2.96. The summed E-state index contributed by atoms with van der Waals surface area (Å²) in [5.74, 6) is 0.667. The first-order valence-corrected chi connectivity index (χ1v) is 8.66. The van der Waals surface area contributed by atoms with E-state index in [1.807, 2.05) is 13.8 Å². The van der Waals surface area contributed by atoms with Crippen molar-refractivity contribution in [3.63, 3.8) is 0 Å². The minimum absolute atomic E-state index is 0.0632. The van der Waals surface area contributed by atoms with Gasteiger partial charge < -0.3 is 9.64 Å². The van der Waals surface area contributed by atoms with E-state index in [-0.39, 0.29) is 29.4 Å². The lowest BCUT2D eigenvalue weighted by molar-refractivity contribution is -0.134. The van der Waals surface area contributed by atoms with Crippen LogP contribution in [0.2, 0.25) is 0 Å². The van der Waals surface area contributed by atoms with Crippen LogP contribution in [-0.4, -0.2) is 57.0 Å². The van der Waals surface area contributed by atoms with Gasteiger partial charge >= 0.3 is 0 Å². The number of hydrogen-bond donors (Lipinski definition) is 0. The second-order valence-corrected chi connectivity index (χ2v) is 7.82. The van der Waals surface area contributed by atoms with Gasteiger partial charge in [-0.3, -0.25) is 4.79 Å². The van der Waals surface area contributed by atoms with Gasteiger partial charge in [0.15, 0.2) is 9.84 Å². The zero-order valence-corrected chi connectivity index (χ0v) is 12.9. The molecular weight excluding hydrogens is 266 g/mol. The molecule has 0 saturated carbocycles. The summed E-state index contributed by atoms with van der Waals surface area (Å²) in [5.41, 5.74) is 0. The van der Waals surface area contributed by atoms with Crippen molar-refractivity contribution in [1.82, 2.24) is 4.90 Å².